The van der Waals surface area contributed by atoms with Crippen molar-refractivity contribution in [2.75, 3.05) is 26.1 Å². The van der Waals surface area contributed by atoms with Gasteiger partial charge < -0.3 is 23.9 Å². The molecular weight excluding hydrogens is 366 g/mol. The van der Waals surface area contributed by atoms with Crippen molar-refractivity contribution >= 4 is 17.6 Å². The van der Waals surface area contributed by atoms with Gasteiger partial charge in [-0.3, -0.25) is 9.48 Å². The first-order chi connectivity index (χ1) is 13.6. The van der Waals surface area contributed by atoms with E-state index in [1.165, 1.54) is 20.3 Å². The molecule has 0 spiro atoms. The van der Waals surface area contributed by atoms with Crippen LogP contribution in [0.4, 0.5) is 5.69 Å². The van der Waals surface area contributed by atoms with E-state index < -0.39 is 18.5 Å². The van der Waals surface area contributed by atoms with Crippen LogP contribution in [0.25, 0.3) is 0 Å². The van der Waals surface area contributed by atoms with Crippen LogP contribution in [0, 0.1) is 0 Å². The Hall–Kier alpha value is -3.75. The predicted octanol–water partition coefficient (Wildman–Crippen LogP) is 2.34. The van der Waals surface area contributed by atoms with E-state index in [9.17, 15) is 9.59 Å². The van der Waals surface area contributed by atoms with Crippen molar-refractivity contribution in [1.29, 1.82) is 0 Å². The zero-order valence-electron chi connectivity index (χ0n) is 15.4. The molecule has 0 bridgehead atoms. The topological polar surface area (TPSA) is 105 Å². The van der Waals surface area contributed by atoms with Gasteiger partial charge in [0.25, 0.3) is 5.91 Å². The van der Waals surface area contributed by atoms with E-state index in [2.05, 4.69) is 10.4 Å². The summed E-state index contributed by atoms with van der Waals surface area (Å²) in [6.07, 6.45) is 3.42. The summed E-state index contributed by atoms with van der Waals surface area (Å²) < 4.78 is 22.4. The third-order valence-corrected chi connectivity index (χ3v) is 3.75. The predicted molar refractivity (Wildman–Crippen MR) is 98.5 cm³/mol. The standard InChI is InChI=1S/C19H19N3O6/c1-25-13-4-6-16(26-2)15(10-13)21-18(23)12-27-19(24)17-7-5-14(28-17)11-22-9-3-8-20-22/h3-10H,11-12H2,1-2H3,(H,21,23). The number of carbonyl (C=O) groups excluding carboxylic acids is 2. The van der Waals surface area contributed by atoms with Crippen LogP contribution in [0.2, 0.25) is 0 Å². The maximum Gasteiger partial charge on any atom is 0.374 e. The molecule has 28 heavy (non-hydrogen) atoms. The van der Waals surface area contributed by atoms with Crippen molar-refractivity contribution in [2.45, 2.75) is 6.54 Å². The number of hydrogen-bond acceptors (Lipinski definition) is 7. The average molecular weight is 385 g/mol. The molecule has 146 valence electrons. The smallest absolute Gasteiger partial charge is 0.374 e. The minimum Gasteiger partial charge on any atom is -0.497 e. The van der Waals surface area contributed by atoms with E-state index in [0.29, 0.717) is 29.5 Å². The van der Waals surface area contributed by atoms with Crippen molar-refractivity contribution in [2.24, 2.45) is 0 Å². The second-order valence-corrected chi connectivity index (χ2v) is 5.66. The maximum absolute atomic E-state index is 12.1. The van der Waals surface area contributed by atoms with Gasteiger partial charge >= 0.3 is 5.97 Å². The SMILES string of the molecule is COc1ccc(OC)c(NC(=O)COC(=O)c2ccc(Cn3cccn3)o2)c1. The summed E-state index contributed by atoms with van der Waals surface area (Å²) in [5.74, 6) is 0.293. The van der Waals surface area contributed by atoms with Gasteiger partial charge in [0, 0.05) is 18.5 Å². The summed E-state index contributed by atoms with van der Waals surface area (Å²) in [7, 11) is 2.99. The fourth-order valence-electron chi connectivity index (χ4n) is 2.43. The van der Waals surface area contributed by atoms with Gasteiger partial charge in [-0.25, -0.2) is 4.79 Å². The highest BCUT2D eigenvalue weighted by atomic mass is 16.5. The van der Waals surface area contributed by atoms with Crippen LogP contribution in [0.15, 0.2) is 53.2 Å². The molecular formula is C19H19N3O6. The molecule has 0 aliphatic rings. The van der Waals surface area contributed by atoms with Crippen LogP contribution in [0.5, 0.6) is 11.5 Å². The number of carbonyl (C=O) groups is 2. The number of methoxy groups -OCH3 is 2. The van der Waals surface area contributed by atoms with Crippen LogP contribution in [0.3, 0.4) is 0 Å². The number of hydrogen-bond donors (Lipinski definition) is 1. The summed E-state index contributed by atoms with van der Waals surface area (Å²) in [4.78, 5) is 24.2. The molecule has 2 heterocycles. The monoisotopic (exact) mass is 385 g/mol. The van der Waals surface area contributed by atoms with Gasteiger partial charge in [0.15, 0.2) is 6.61 Å². The number of anilines is 1. The quantitative estimate of drug-likeness (QED) is 0.593. The Morgan fingerprint density at radius 1 is 1.18 bits per heavy atom. The maximum atomic E-state index is 12.1. The molecule has 1 N–H and O–H groups in total. The number of amides is 1. The van der Waals surface area contributed by atoms with Crippen LogP contribution in [-0.2, 0) is 16.1 Å². The zero-order valence-corrected chi connectivity index (χ0v) is 15.4. The number of furan rings is 1. The van der Waals surface area contributed by atoms with Crippen LogP contribution in [-0.4, -0.2) is 42.5 Å². The van der Waals surface area contributed by atoms with Crippen LogP contribution in [0.1, 0.15) is 16.3 Å². The molecule has 1 amide bonds. The fourth-order valence-corrected chi connectivity index (χ4v) is 2.43. The molecule has 2 aromatic heterocycles. The highest BCUT2D eigenvalue weighted by Crippen LogP contribution is 2.28. The number of rotatable bonds is 8. The molecule has 0 unspecified atom stereocenters. The van der Waals surface area contributed by atoms with Gasteiger partial charge in [-0.05, 0) is 30.3 Å². The molecule has 9 heteroatoms. The first-order valence-electron chi connectivity index (χ1n) is 8.34. The van der Waals surface area contributed by atoms with E-state index >= 15 is 0 Å². The van der Waals surface area contributed by atoms with E-state index in [1.807, 2.05) is 0 Å². The highest BCUT2D eigenvalue weighted by Gasteiger charge is 2.16. The molecule has 9 nitrogen and oxygen atoms in total. The third kappa shape index (κ3) is 4.70. The number of nitrogens with zero attached hydrogens (tertiary/aromatic N) is 2. The molecule has 0 aliphatic heterocycles. The van der Waals surface area contributed by atoms with Gasteiger partial charge in [-0.15, -0.1) is 0 Å². The second-order valence-electron chi connectivity index (χ2n) is 5.66. The summed E-state index contributed by atoms with van der Waals surface area (Å²) in [6, 6.07) is 9.89. The van der Waals surface area contributed by atoms with Crippen LogP contribution < -0.4 is 14.8 Å². The molecule has 0 atom stereocenters. The molecule has 0 saturated carbocycles. The van der Waals surface area contributed by atoms with E-state index in [0.717, 1.165) is 0 Å². The molecule has 0 aliphatic carbocycles. The van der Waals surface area contributed by atoms with E-state index in [1.54, 1.807) is 47.4 Å². The lowest BCUT2D eigenvalue weighted by Gasteiger charge is -2.11. The van der Waals surface area contributed by atoms with Gasteiger partial charge in [0.05, 0.1) is 26.5 Å². The summed E-state index contributed by atoms with van der Waals surface area (Å²) in [6.45, 7) is -0.0925. The Bertz CT molecular complexity index is 948. The Balaban J connectivity index is 1.54. The minimum atomic E-state index is -0.737. The molecule has 0 fully saturated rings. The second kappa shape index (κ2) is 8.76. The molecule has 3 rings (SSSR count). The third-order valence-electron chi connectivity index (χ3n) is 3.75. The lowest BCUT2D eigenvalue weighted by atomic mass is 10.2. The van der Waals surface area contributed by atoms with Crippen molar-refractivity contribution in [3.63, 3.8) is 0 Å². The van der Waals surface area contributed by atoms with Gasteiger partial charge in [-0.2, -0.15) is 5.10 Å². The molecule has 0 saturated heterocycles. The van der Waals surface area contributed by atoms with E-state index in [-0.39, 0.29) is 5.76 Å². The number of esters is 1. The fraction of sp³-hybridized carbons (Fsp3) is 0.211. The van der Waals surface area contributed by atoms with Crippen molar-refractivity contribution in [1.82, 2.24) is 9.78 Å². The first-order valence-corrected chi connectivity index (χ1v) is 8.34. The molecule has 1 aromatic carbocycles. The average Bonchev–Trinajstić information content (AvgIpc) is 3.38. The van der Waals surface area contributed by atoms with E-state index in [4.69, 9.17) is 18.6 Å². The van der Waals surface area contributed by atoms with Crippen LogP contribution >= 0.6 is 0 Å². The summed E-state index contributed by atoms with van der Waals surface area (Å²) in [5, 5.41) is 6.67. The number of aromatic nitrogens is 2. The Morgan fingerprint density at radius 2 is 2.04 bits per heavy atom. The van der Waals surface area contributed by atoms with Crippen molar-refractivity contribution in [3.8, 4) is 11.5 Å². The van der Waals surface area contributed by atoms with Gasteiger partial charge in [0.2, 0.25) is 5.76 Å². The minimum absolute atomic E-state index is 0.00826. The first kappa shape index (κ1) is 19.0. The normalized spacial score (nSPS) is 10.4. The number of nitrogens with one attached hydrogen (secondary N) is 1. The highest BCUT2D eigenvalue weighted by molar-refractivity contribution is 5.95. The summed E-state index contributed by atoms with van der Waals surface area (Å²) >= 11 is 0. The molecule has 0 radical (unpaired) electrons. The lowest BCUT2D eigenvalue weighted by molar-refractivity contribution is -0.119. The van der Waals surface area contributed by atoms with Crippen molar-refractivity contribution in [3.05, 3.63) is 60.3 Å². The Morgan fingerprint density at radius 3 is 2.75 bits per heavy atom. The zero-order chi connectivity index (χ0) is 19.9. The number of ether oxygens (including phenoxy) is 3. The van der Waals surface area contributed by atoms with Gasteiger partial charge in [0.1, 0.15) is 17.3 Å². The Kier molecular flexibility index (Phi) is 5.95. The largest absolute Gasteiger partial charge is 0.497 e. The molecule has 3 aromatic rings. The lowest BCUT2D eigenvalue weighted by Crippen LogP contribution is -2.21. The number of benzene rings is 1. The Labute approximate surface area is 160 Å². The summed E-state index contributed by atoms with van der Waals surface area (Å²) in [5.41, 5.74) is 0.405. The van der Waals surface area contributed by atoms with Crippen molar-refractivity contribution < 1.29 is 28.2 Å². The van der Waals surface area contributed by atoms with Gasteiger partial charge in [-0.1, -0.05) is 0 Å².